The highest BCUT2D eigenvalue weighted by Gasteiger charge is 2.11. The SMILES string of the molecule is CC(=O)Nc1ccc(Nc2cccc(F)c2C(N)=S)cc1. The van der Waals surface area contributed by atoms with Gasteiger partial charge in [0.1, 0.15) is 10.8 Å². The molecule has 0 aliphatic heterocycles. The Labute approximate surface area is 127 Å². The van der Waals surface area contributed by atoms with Crippen LogP contribution in [0.15, 0.2) is 42.5 Å². The van der Waals surface area contributed by atoms with Crippen LogP contribution in [0.2, 0.25) is 0 Å². The van der Waals surface area contributed by atoms with Crippen LogP contribution in [0, 0.1) is 5.82 Å². The molecule has 0 radical (unpaired) electrons. The number of amides is 1. The van der Waals surface area contributed by atoms with E-state index in [2.05, 4.69) is 10.6 Å². The molecule has 0 unspecified atom stereocenters. The summed E-state index contributed by atoms with van der Waals surface area (Å²) >= 11 is 4.87. The lowest BCUT2D eigenvalue weighted by Crippen LogP contribution is -2.14. The Kier molecular flexibility index (Phi) is 4.49. The molecule has 4 N–H and O–H groups in total. The first kappa shape index (κ1) is 14.9. The fraction of sp³-hybridized carbons (Fsp3) is 0.0667. The molecule has 4 nitrogen and oxygen atoms in total. The molecule has 6 heteroatoms. The highest BCUT2D eigenvalue weighted by atomic mass is 32.1. The Morgan fingerprint density at radius 3 is 2.33 bits per heavy atom. The molecule has 0 atom stereocenters. The van der Waals surface area contributed by atoms with Crippen molar-refractivity contribution in [3.05, 3.63) is 53.8 Å². The van der Waals surface area contributed by atoms with Gasteiger partial charge < -0.3 is 16.4 Å². The maximum atomic E-state index is 13.8. The Hall–Kier alpha value is -2.47. The van der Waals surface area contributed by atoms with Gasteiger partial charge in [-0.25, -0.2) is 4.39 Å². The van der Waals surface area contributed by atoms with E-state index in [0.717, 1.165) is 5.69 Å². The summed E-state index contributed by atoms with van der Waals surface area (Å²) in [6, 6.07) is 11.6. The standard InChI is InChI=1S/C15H14FN3OS/c1-9(20)18-10-5-7-11(8-6-10)19-13-4-2-3-12(16)14(13)15(17)21/h2-8,19H,1H3,(H2,17,21)(H,18,20). The fourth-order valence-electron chi connectivity index (χ4n) is 1.87. The molecule has 108 valence electrons. The summed E-state index contributed by atoms with van der Waals surface area (Å²) in [5, 5.41) is 5.72. The summed E-state index contributed by atoms with van der Waals surface area (Å²) in [7, 11) is 0. The van der Waals surface area contributed by atoms with Crippen molar-refractivity contribution in [1.29, 1.82) is 0 Å². The second kappa shape index (κ2) is 6.32. The first-order chi connectivity index (χ1) is 9.97. The van der Waals surface area contributed by atoms with Crippen molar-refractivity contribution in [2.75, 3.05) is 10.6 Å². The first-order valence-electron chi connectivity index (χ1n) is 6.20. The van der Waals surface area contributed by atoms with E-state index in [4.69, 9.17) is 18.0 Å². The number of rotatable bonds is 4. The number of nitrogens with two attached hydrogens (primary N) is 1. The van der Waals surface area contributed by atoms with Gasteiger partial charge in [0, 0.05) is 18.3 Å². The molecule has 2 rings (SSSR count). The number of carbonyl (C=O) groups excluding carboxylic acids is 1. The normalized spacial score (nSPS) is 10.0. The Morgan fingerprint density at radius 1 is 1.14 bits per heavy atom. The summed E-state index contributed by atoms with van der Waals surface area (Å²) in [6.45, 7) is 1.44. The van der Waals surface area contributed by atoms with Crippen LogP contribution in [-0.4, -0.2) is 10.9 Å². The zero-order valence-electron chi connectivity index (χ0n) is 11.3. The van der Waals surface area contributed by atoms with Crippen molar-refractivity contribution < 1.29 is 9.18 Å². The average Bonchev–Trinajstić information content (AvgIpc) is 2.40. The molecule has 0 aliphatic rings. The molecule has 2 aromatic carbocycles. The van der Waals surface area contributed by atoms with E-state index in [0.29, 0.717) is 11.4 Å². The van der Waals surface area contributed by atoms with Crippen molar-refractivity contribution in [3.8, 4) is 0 Å². The molecular weight excluding hydrogens is 289 g/mol. The topological polar surface area (TPSA) is 67.2 Å². The summed E-state index contributed by atoms with van der Waals surface area (Å²) in [6.07, 6.45) is 0. The van der Waals surface area contributed by atoms with Crippen LogP contribution in [0.1, 0.15) is 12.5 Å². The van der Waals surface area contributed by atoms with Crippen molar-refractivity contribution >= 4 is 40.2 Å². The lowest BCUT2D eigenvalue weighted by Gasteiger charge is -2.12. The molecule has 0 aromatic heterocycles. The molecule has 2 aromatic rings. The first-order valence-corrected chi connectivity index (χ1v) is 6.61. The van der Waals surface area contributed by atoms with Gasteiger partial charge in [-0.05, 0) is 36.4 Å². The Balaban J connectivity index is 2.24. The minimum Gasteiger partial charge on any atom is -0.389 e. The van der Waals surface area contributed by atoms with Gasteiger partial charge in [0.25, 0.3) is 0 Å². The largest absolute Gasteiger partial charge is 0.389 e. The van der Waals surface area contributed by atoms with Gasteiger partial charge in [-0.2, -0.15) is 0 Å². The molecule has 0 heterocycles. The minimum absolute atomic E-state index is 0.00883. The van der Waals surface area contributed by atoms with Gasteiger partial charge in [0.2, 0.25) is 5.91 Å². The average molecular weight is 303 g/mol. The summed E-state index contributed by atoms with van der Waals surface area (Å²) in [4.78, 5) is 10.9. The molecule has 1 amide bonds. The zero-order valence-corrected chi connectivity index (χ0v) is 12.1. The number of halogens is 1. The monoisotopic (exact) mass is 303 g/mol. The van der Waals surface area contributed by atoms with Gasteiger partial charge >= 0.3 is 0 Å². The summed E-state index contributed by atoms with van der Waals surface area (Å²) < 4.78 is 13.8. The van der Waals surface area contributed by atoms with Crippen LogP contribution in [0.5, 0.6) is 0 Å². The Morgan fingerprint density at radius 2 is 1.76 bits per heavy atom. The predicted octanol–water partition coefficient (Wildman–Crippen LogP) is 3.16. The molecule has 0 bridgehead atoms. The van der Waals surface area contributed by atoms with Crippen molar-refractivity contribution in [1.82, 2.24) is 0 Å². The number of anilines is 3. The summed E-state index contributed by atoms with van der Waals surface area (Å²) in [5.41, 5.74) is 7.64. The second-order valence-electron chi connectivity index (χ2n) is 4.41. The van der Waals surface area contributed by atoms with Crippen LogP contribution in [0.3, 0.4) is 0 Å². The fourth-order valence-corrected chi connectivity index (χ4v) is 2.08. The molecule has 0 saturated heterocycles. The molecular formula is C15H14FN3OS. The highest BCUT2D eigenvalue weighted by Crippen LogP contribution is 2.24. The number of thiocarbonyl (C=S) groups is 1. The van der Waals surface area contributed by atoms with E-state index in [1.165, 1.54) is 13.0 Å². The van der Waals surface area contributed by atoms with E-state index in [1.807, 2.05) is 0 Å². The highest BCUT2D eigenvalue weighted by molar-refractivity contribution is 7.80. The number of hydrogen-bond donors (Lipinski definition) is 3. The Bertz CT molecular complexity index is 686. The van der Waals surface area contributed by atoms with Crippen molar-refractivity contribution in [2.24, 2.45) is 5.73 Å². The lowest BCUT2D eigenvalue weighted by molar-refractivity contribution is -0.114. The van der Waals surface area contributed by atoms with Crippen molar-refractivity contribution in [3.63, 3.8) is 0 Å². The van der Waals surface area contributed by atoms with E-state index in [-0.39, 0.29) is 16.5 Å². The smallest absolute Gasteiger partial charge is 0.221 e. The van der Waals surface area contributed by atoms with Gasteiger partial charge in [0.15, 0.2) is 0 Å². The maximum absolute atomic E-state index is 13.8. The van der Waals surface area contributed by atoms with E-state index < -0.39 is 5.82 Å². The third-order valence-electron chi connectivity index (χ3n) is 2.74. The quantitative estimate of drug-likeness (QED) is 0.759. The maximum Gasteiger partial charge on any atom is 0.221 e. The van der Waals surface area contributed by atoms with E-state index in [1.54, 1.807) is 36.4 Å². The molecule has 0 saturated carbocycles. The van der Waals surface area contributed by atoms with E-state index >= 15 is 0 Å². The third kappa shape index (κ3) is 3.76. The molecule has 0 fully saturated rings. The minimum atomic E-state index is -0.470. The lowest BCUT2D eigenvalue weighted by atomic mass is 10.1. The van der Waals surface area contributed by atoms with Crippen LogP contribution in [0.4, 0.5) is 21.5 Å². The van der Waals surface area contributed by atoms with Crippen LogP contribution < -0.4 is 16.4 Å². The number of carbonyl (C=O) groups is 1. The predicted molar refractivity (Wildman–Crippen MR) is 86.3 cm³/mol. The van der Waals surface area contributed by atoms with Gasteiger partial charge in [0.05, 0.1) is 11.3 Å². The van der Waals surface area contributed by atoms with E-state index in [9.17, 15) is 9.18 Å². The zero-order chi connectivity index (χ0) is 15.4. The van der Waals surface area contributed by atoms with Gasteiger partial charge in [-0.1, -0.05) is 18.3 Å². The summed E-state index contributed by atoms with van der Waals surface area (Å²) in [5.74, 6) is -0.612. The number of nitrogens with one attached hydrogen (secondary N) is 2. The second-order valence-corrected chi connectivity index (χ2v) is 4.85. The molecule has 0 spiro atoms. The van der Waals surface area contributed by atoms with Gasteiger partial charge in [-0.3, -0.25) is 4.79 Å². The number of hydrogen-bond acceptors (Lipinski definition) is 3. The molecule has 0 aliphatic carbocycles. The van der Waals surface area contributed by atoms with Gasteiger partial charge in [-0.15, -0.1) is 0 Å². The third-order valence-corrected chi connectivity index (χ3v) is 2.95. The van der Waals surface area contributed by atoms with Crippen molar-refractivity contribution in [2.45, 2.75) is 6.92 Å². The van der Waals surface area contributed by atoms with Crippen LogP contribution in [-0.2, 0) is 4.79 Å². The molecule has 21 heavy (non-hydrogen) atoms. The van der Waals surface area contributed by atoms with Crippen LogP contribution >= 0.6 is 12.2 Å². The van der Waals surface area contributed by atoms with Crippen LogP contribution in [0.25, 0.3) is 0 Å². The number of benzene rings is 2.